The molecular formula is C22H26ClN5O2. The number of carbonyl (C=O) groups excluding carboxylic acids is 2. The van der Waals surface area contributed by atoms with Crippen molar-refractivity contribution in [3.63, 3.8) is 0 Å². The number of amides is 2. The average molecular weight is 428 g/mol. The molecule has 0 radical (unpaired) electrons. The van der Waals surface area contributed by atoms with Crippen LogP contribution in [0.5, 0.6) is 0 Å². The summed E-state index contributed by atoms with van der Waals surface area (Å²) in [5.41, 5.74) is 1.02. The number of nitrogens with zero attached hydrogens (tertiary/aromatic N) is 3. The van der Waals surface area contributed by atoms with Crippen molar-refractivity contribution in [3.05, 3.63) is 59.2 Å². The van der Waals surface area contributed by atoms with Gasteiger partial charge in [-0.1, -0.05) is 29.8 Å². The zero-order valence-corrected chi connectivity index (χ0v) is 17.7. The smallest absolute Gasteiger partial charge is 0.273 e. The van der Waals surface area contributed by atoms with Crippen molar-refractivity contribution in [2.24, 2.45) is 0 Å². The molecule has 2 amide bonds. The number of hydrogen-bond acceptors (Lipinski definition) is 4. The minimum absolute atomic E-state index is 0.0174. The number of hydrogen-bond donors (Lipinski definition) is 2. The average Bonchev–Trinajstić information content (AvgIpc) is 3.39. The molecule has 2 aliphatic heterocycles. The lowest BCUT2D eigenvalue weighted by atomic mass is 10.1. The van der Waals surface area contributed by atoms with E-state index in [0.29, 0.717) is 41.4 Å². The van der Waals surface area contributed by atoms with E-state index in [4.69, 9.17) is 11.6 Å². The van der Waals surface area contributed by atoms with Gasteiger partial charge in [0.1, 0.15) is 11.5 Å². The number of carbonyl (C=O) groups is 2. The van der Waals surface area contributed by atoms with E-state index in [9.17, 15) is 9.59 Å². The number of nitrogens with one attached hydrogen (secondary N) is 2. The Morgan fingerprint density at radius 2 is 2.20 bits per heavy atom. The van der Waals surface area contributed by atoms with Crippen LogP contribution in [0.15, 0.2) is 42.6 Å². The Labute approximate surface area is 181 Å². The Kier molecular flexibility index (Phi) is 6.20. The fourth-order valence-electron chi connectivity index (χ4n) is 4.13. The molecule has 0 aliphatic carbocycles. The van der Waals surface area contributed by atoms with Gasteiger partial charge in [-0.05, 0) is 50.9 Å². The van der Waals surface area contributed by atoms with Crippen LogP contribution in [-0.4, -0.2) is 45.4 Å². The molecule has 30 heavy (non-hydrogen) atoms. The molecule has 1 saturated heterocycles. The number of imidazole rings is 1. The lowest BCUT2D eigenvalue weighted by molar-refractivity contribution is -0.128. The van der Waals surface area contributed by atoms with E-state index in [1.807, 2.05) is 29.7 Å². The van der Waals surface area contributed by atoms with Crippen LogP contribution >= 0.6 is 11.6 Å². The van der Waals surface area contributed by atoms with Crippen molar-refractivity contribution in [2.45, 2.75) is 44.8 Å². The summed E-state index contributed by atoms with van der Waals surface area (Å²) in [6, 6.07) is 7.53. The third kappa shape index (κ3) is 4.42. The predicted octanol–water partition coefficient (Wildman–Crippen LogP) is 3.39. The van der Waals surface area contributed by atoms with Crippen LogP contribution in [0.25, 0.3) is 0 Å². The van der Waals surface area contributed by atoms with Crippen molar-refractivity contribution < 1.29 is 9.59 Å². The quantitative estimate of drug-likeness (QED) is 0.717. The summed E-state index contributed by atoms with van der Waals surface area (Å²) in [4.78, 5) is 31.6. The van der Waals surface area contributed by atoms with Gasteiger partial charge in [0, 0.05) is 12.6 Å². The molecule has 4 rings (SSSR count). The molecule has 158 valence electrons. The van der Waals surface area contributed by atoms with Gasteiger partial charge in [-0.15, -0.1) is 0 Å². The molecular weight excluding hydrogens is 402 g/mol. The van der Waals surface area contributed by atoms with Crippen molar-refractivity contribution in [1.29, 1.82) is 0 Å². The van der Waals surface area contributed by atoms with Crippen LogP contribution < -0.4 is 10.6 Å². The Balaban J connectivity index is 1.42. The Bertz CT molecular complexity index is 964. The number of halogens is 1. The van der Waals surface area contributed by atoms with Crippen molar-refractivity contribution in [1.82, 2.24) is 19.8 Å². The maximum absolute atomic E-state index is 12.8. The Morgan fingerprint density at radius 1 is 1.37 bits per heavy atom. The van der Waals surface area contributed by atoms with E-state index in [2.05, 4.69) is 15.6 Å². The van der Waals surface area contributed by atoms with E-state index < -0.39 is 0 Å². The molecule has 2 atom stereocenters. The van der Waals surface area contributed by atoms with Crippen molar-refractivity contribution in [3.8, 4) is 0 Å². The second-order valence-corrected chi connectivity index (χ2v) is 8.27. The summed E-state index contributed by atoms with van der Waals surface area (Å²) in [6.07, 6.45) is 8.42. The summed E-state index contributed by atoms with van der Waals surface area (Å²) >= 11 is 6.15. The summed E-state index contributed by atoms with van der Waals surface area (Å²) in [5.74, 6) is 0.422. The number of rotatable bonds is 5. The molecule has 0 saturated carbocycles. The minimum Gasteiger partial charge on any atom is -0.330 e. The number of benzene rings is 1. The molecule has 2 aliphatic rings. The van der Waals surface area contributed by atoms with Gasteiger partial charge in [0.25, 0.3) is 5.91 Å². The van der Waals surface area contributed by atoms with Gasteiger partial charge in [0.05, 0.1) is 29.5 Å². The lowest BCUT2D eigenvalue weighted by Gasteiger charge is -2.32. The third-order valence-electron chi connectivity index (χ3n) is 5.64. The maximum atomic E-state index is 12.8. The SMILES string of the molecule is C[C@@H]1CN(C(=O)/C=C/CC2CCCN2)Cc2ncc(C(=O)Nc3ccccc3Cl)n21. The molecule has 0 bridgehead atoms. The zero-order chi connectivity index (χ0) is 21.1. The van der Waals surface area contributed by atoms with Crippen molar-refractivity contribution >= 4 is 29.1 Å². The molecule has 0 spiro atoms. The highest BCUT2D eigenvalue weighted by Gasteiger charge is 2.29. The molecule has 1 unspecified atom stereocenters. The Hall–Kier alpha value is -2.64. The molecule has 2 aromatic rings. The highest BCUT2D eigenvalue weighted by Crippen LogP contribution is 2.25. The molecule has 8 heteroatoms. The van der Waals surface area contributed by atoms with Crippen LogP contribution in [0.1, 0.15) is 48.5 Å². The second kappa shape index (κ2) is 9.02. The van der Waals surface area contributed by atoms with E-state index in [-0.39, 0.29) is 17.9 Å². The number of fused-ring (bicyclic) bond motifs is 1. The highest BCUT2D eigenvalue weighted by atomic mass is 35.5. The Morgan fingerprint density at radius 3 is 2.97 bits per heavy atom. The third-order valence-corrected chi connectivity index (χ3v) is 5.97. The van der Waals surface area contributed by atoms with E-state index >= 15 is 0 Å². The summed E-state index contributed by atoms with van der Waals surface area (Å²) in [5, 5.41) is 6.75. The topological polar surface area (TPSA) is 79.3 Å². The van der Waals surface area contributed by atoms with Crippen LogP contribution in [0.3, 0.4) is 0 Å². The number of anilines is 1. The maximum Gasteiger partial charge on any atom is 0.273 e. The second-order valence-electron chi connectivity index (χ2n) is 7.86. The molecule has 1 fully saturated rings. The van der Waals surface area contributed by atoms with Crippen molar-refractivity contribution in [2.75, 3.05) is 18.4 Å². The first kappa shape index (κ1) is 20.6. The monoisotopic (exact) mass is 427 g/mol. The van der Waals surface area contributed by atoms with Crippen LogP contribution in [0.2, 0.25) is 5.02 Å². The van der Waals surface area contributed by atoms with E-state index in [0.717, 1.165) is 19.4 Å². The standard InChI is InChI=1S/C22H26ClN5O2/c1-15-13-27(21(29)10-4-6-16-7-5-11-24-16)14-20-25-12-19(28(15)20)22(30)26-18-9-3-2-8-17(18)23/h2-4,8-10,12,15-16,24H,5-7,11,13-14H2,1H3,(H,26,30)/b10-4+/t15-,16?/m1/s1. The molecule has 2 N–H and O–H groups in total. The predicted molar refractivity (Wildman–Crippen MR) is 117 cm³/mol. The lowest BCUT2D eigenvalue weighted by Crippen LogP contribution is -2.40. The molecule has 1 aromatic carbocycles. The number of para-hydroxylation sites is 1. The van der Waals surface area contributed by atoms with Crippen LogP contribution in [0, 0.1) is 0 Å². The first-order valence-corrected chi connectivity index (χ1v) is 10.7. The van der Waals surface area contributed by atoms with Gasteiger partial charge in [-0.25, -0.2) is 4.98 Å². The fraction of sp³-hybridized carbons (Fsp3) is 0.409. The van der Waals surface area contributed by atoms with Gasteiger partial charge in [0.15, 0.2) is 0 Å². The van der Waals surface area contributed by atoms with Crippen LogP contribution in [0.4, 0.5) is 5.69 Å². The molecule has 7 nitrogen and oxygen atoms in total. The summed E-state index contributed by atoms with van der Waals surface area (Å²) < 4.78 is 1.90. The van der Waals surface area contributed by atoms with E-state index in [1.54, 1.807) is 29.3 Å². The minimum atomic E-state index is -0.266. The van der Waals surface area contributed by atoms with Crippen LogP contribution in [-0.2, 0) is 11.3 Å². The molecule has 3 heterocycles. The van der Waals surface area contributed by atoms with E-state index in [1.165, 1.54) is 6.42 Å². The fourth-order valence-corrected chi connectivity index (χ4v) is 4.31. The van der Waals surface area contributed by atoms with Gasteiger partial charge in [-0.3, -0.25) is 9.59 Å². The van der Waals surface area contributed by atoms with Gasteiger partial charge in [-0.2, -0.15) is 0 Å². The van der Waals surface area contributed by atoms with Gasteiger partial charge < -0.3 is 20.1 Å². The number of aromatic nitrogens is 2. The highest BCUT2D eigenvalue weighted by molar-refractivity contribution is 6.33. The van der Waals surface area contributed by atoms with Gasteiger partial charge in [0.2, 0.25) is 5.91 Å². The summed E-state index contributed by atoms with van der Waals surface area (Å²) in [7, 11) is 0. The largest absolute Gasteiger partial charge is 0.330 e. The zero-order valence-electron chi connectivity index (χ0n) is 17.0. The summed E-state index contributed by atoms with van der Waals surface area (Å²) in [6.45, 7) is 3.96. The molecule has 1 aromatic heterocycles. The van der Waals surface area contributed by atoms with Gasteiger partial charge >= 0.3 is 0 Å². The first-order chi connectivity index (χ1) is 14.5. The normalized spacial score (nSPS) is 21.1. The first-order valence-electron chi connectivity index (χ1n) is 10.3.